The number of hydrogen-bond donors (Lipinski definition) is 0. The second-order valence-corrected chi connectivity index (χ2v) is 2.45. The minimum Gasteiger partial charge on any atom is -0.382 e. The molecule has 0 heterocycles. The Labute approximate surface area is 60.5 Å². The van der Waals surface area contributed by atoms with E-state index in [1.165, 1.54) is 0 Å². The Morgan fingerprint density at radius 2 is 2.20 bits per heavy atom. The first-order chi connectivity index (χ1) is 4.83. The van der Waals surface area contributed by atoms with Gasteiger partial charge in [-0.1, -0.05) is 0 Å². The van der Waals surface area contributed by atoms with Gasteiger partial charge in [0, 0.05) is 7.11 Å². The molecule has 0 bridgehead atoms. The summed E-state index contributed by atoms with van der Waals surface area (Å²) in [4.78, 5) is 0. The first-order valence-corrected chi connectivity index (χ1v) is 3.37. The molecule has 0 aliphatic heterocycles. The summed E-state index contributed by atoms with van der Waals surface area (Å²) in [6.45, 7) is 1.10. The molecule has 3 nitrogen and oxygen atoms in total. The van der Waals surface area contributed by atoms with E-state index in [9.17, 15) is 0 Å². The summed E-state index contributed by atoms with van der Waals surface area (Å²) >= 11 is 0. The number of ether oxygens (including phenoxy) is 2. The van der Waals surface area contributed by atoms with Crippen LogP contribution in [0.15, 0.2) is 0 Å². The van der Waals surface area contributed by atoms with Crippen molar-refractivity contribution in [3.05, 3.63) is 0 Å². The molecule has 3 heteroatoms. The topological polar surface area (TPSA) is 42.2 Å². The van der Waals surface area contributed by atoms with Crippen LogP contribution < -0.4 is 0 Å². The third-order valence-electron chi connectivity index (χ3n) is 1.57. The summed E-state index contributed by atoms with van der Waals surface area (Å²) in [5.74, 6) is 0. The summed E-state index contributed by atoms with van der Waals surface area (Å²) in [5.41, 5.74) is -0.432. The van der Waals surface area contributed by atoms with Gasteiger partial charge in [0.2, 0.25) is 0 Å². The standard InChI is InChI=1S/C7H11NO2/c1-9-4-5-10-7(6-8)2-3-7/h2-5H2,1H3. The lowest BCUT2D eigenvalue weighted by Crippen LogP contribution is -2.14. The van der Waals surface area contributed by atoms with Crippen LogP contribution in [0.2, 0.25) is 0 Å². The Morgan fingerprint density at radius 1 is 1.50 bits per heavy atom. The van der Waals surface area contributed by atoms with Crippen molar-refractivity contribution in [1.29, 1.82) is 5.26 Å². The van der Waals surface area contributed by atoms with Crippen molar-refractivity contribution in [3.8, 4) is 6.07 Å². The van der Waals surface area contributed by atoms with Gasteiger partial charge in [0.25, 0.3) is 0 Å². The van der Waals surface area contributed by atoms with E-state index in [1.54, 1.807) is 7.11 Å². The SMILES string of the molecule is COCCOC1(C#N)CC1. The minimum atomic E-state index is -0.432. The molecule has 0 spiro atoms. The van der Waals surface area contributed by atoms with E-state index in [-0.39, 0.29) is 0 Å². The quantitative estimate of drug-likeness (QED) is 0.541. The maximum Gasteiger partial charge on any atom is 0.154 e. The Balaban J connectivity index is 2.09. The fraction of sp³-hybridized carbons (Fsp3) is 0.857. The molecule has 0 aromatic rings. The molecule has 1 aliphatic carbocycles. The zero-order valence-electron chi connectivity index (χ0n) is 6.09. The molecule has 56 valence electrons. The lowest BCUT2D eigenvalue weighted by atomic mass is 10.4. The third kappa shape index (κ3) is 1.69. The molecule has 0 saturated heterocycles. The van der Waals surface area contributed by atoms with Gasteiger partial charge >= 0.3 is 0 Å². The molecule has 1 rings (SSSR count). The summed E-state index contributed by atoms with van der Waals surface area (Å²) in [7, 11) is 1.62. The molecule has 1 saturated carbocycles. The molecule has 0 radical (unpaired) electrons. The van der Waals surface area contributed by atoms with E-state index in [1.807, 2.05) is 0 Å². The Morgan fingerprint density at radius 3 is 2.60 bits per heavy atom. The molecule has 0 N–H and O–H groups in total. The van der Waals surface area contributed by atoms with Crippen molar-refractivity contribution < 1.29 is 9.47 Å². The van der Waals surface area contributed by atoms with E-state index >= 15 is 0 Å². The van der Waals surface area contributed by atoms with Gasteiger partial charge in [0.05, 0.1) is 19.3 Å². The highest BCUT2D eigenvalue weighted by molar-refractivity contribution is 5.13. The molecule has 1 aliphatic rings. The van der Waals surface area contributed by atoms with E-state index in [0.717, 1.165) is 12.8 Å². The van der Waals surface area contributed by atoms with Crippen LogP contribution in [0.4, 0.5) is 0 Å². The van der Waals surface area contributed by atoms with Gasteiger partial charge in [-0.15, -0.1) is 0 Å². The normalized spacial score (nSPS) is 20.0. The van der Waals surface area contributed by atoms with E-state index < -0.39 is 5.60 Å². The molecule has 1 fully saturated rings. The lowest BCUT2D eigenvalue weighted by molar-refractivity contribution is 0.0300. The number of nitrogens with zero attached hydrogens (tertiary/aromatic N) is 1. The summed E-state index contributed by atoms with van der Waals surface area (Å²) < 4.78 is 10.0. The van der Waals surface area contributed by atoms with E-state index in [2.05, 4.69) is 6.07 Å². The molecule has 0 unspecified atom stereocenters. The predicted molar refractivity (Wildman–Crippen MR) is 35.4 cm³/mol. The van der Waals surface area contributed by atoms with Crippen molar-refractivity contribution in [1.82, 2.24) is 0 Å². The van der Waals surface area contributed by atoms with Crippen LogP contribution in [-0.4, -0.2) is 25.9 Å². The van der Waals surface area contributed by atoms with Crippen LogP contribution in [0.5, 0.6) is 0 Å². The van der Waals surface area contributed by atoms with Crippen molar-refractivity contribution >= 4 is 0 Å². The largest absolute Gasteiger partial charge is 0.382 e. The van der Waals surface area contributed by atoms with Crippen molar-refractivity contribution in [2.75, 3.05) is 20.3 Å². The number of rotatable bonds is 4. The summed E-state index contributed by atoms with van der Waals surface area (Å²) in [6, 6.07) is 2.13. The van der Waals surface area contributed by atoms with Crippen molar-refractivity contribution in [2.24, 2.45) is 0 Å². The van der Waals surface area contributed by atoms with Gasteiger partial charge in [0.15, 0.2) is 5.60 Å². The molecule has 0 amide bonds. The second-order valence-electron chi connectivity index (χ2n) is 2.45. The number of hydrogen-bond acceptors (Lipinski definition) is 3. The smallest absolute Gasteiger partial charge is 0.154 e. The first kappa shape index (κ1) is 7.52. The van der Waals surface area contributed by atoms with Crippen LogP contribution in [0.25, 0.3) is 0 Å². The van der Waals surface area contributed by atoms with E-state index in [4.69, 9.17) is 14.7 Å². The molecule has 0 aromatic carbocycles. The average molecular weight is 141 g/mol. The third-order valence-corrected chi connectivity index (χ3v) is 1.57. The predicted octanol–water partition coefficient (Wildman–Crippen LogP) is 0.706. The van der Waals surface area contributed by atoms with Crippen molar-refractivity contribution in [2.45, 2.75) is 18.4 Å². The van der Waals surface area contributed by atoms with Gasteiger partial charge in [-0.25, -0.2) is 0 Å². The fourth-order valence-corrected chi connectivity index (χ4v) is 0.722. The molecular weight excluding hydrogens is 130 g/mol. The van der Waals surface area contributed by atoms with Gasteiger partial charge in [-0.3, -0.25) is 0 Å². The monoisotopic (exact) mass is 141 g/mol. The summed E-state index contributed by atoms with van der Waals surface area (Å²) in [5, 5.41) is 8.54. The first-order valence-electron chi connectivity index (χ1n) is 3.37. The van der Waals surface area contributed by atoms with Crippen LogP contribution in [0, 0.1) is 11.3 Å². The zero-order chi connectivity index (χ0) is 7.45. The number of methoxy groups -OCH3 is 1. The van der Waals surface area contributed by atoms with Gasteiger partial charge in [0.1, 0.15) is 0 Å². The van der Waals surface area contributed by atoms with Gasteiger partial charge in [-0.2, -0.15) is 5.26 Å². The molecule has 10 heavy (non-hydrogen) atoms. The summed E-state index contributed by atoms with van der Waals surface area (Å²) in [6.07, 6.45) is 1.76. The highest BCUT2D eigenvalue weighted by Gasteiger charge is 2.44. The maximum atomic E-state index is 8.54. The fourth-order valence-electron chi connectivity index (χ4n) is 0.722. The van der Waals surface area contributed by atoms with Crippen LogP contribution >= 0.6 is 0 Å². The molecule has 0 aromatic heterocycles. The minimum absolute atomic E-state index is 0.432. The highest BCUT2D eigenvalue weighted by Crippen LogP contribution is 2.38. The number of nitriles is 1. The van der Waals surface area contributed by atoms with Crippen LogP contribution in [0.3, 0.4) is 0 Å². The Hall–Kier alpha value is -0.590. The van der Waals surface area contributed by atoms with Crippen LogP contribution in [-0.2, 0) is 9.47 Å². The highest BCUT2D eigenvalue weighted by atomic mass is 16.5. The lowest BCUT2D eigenvalue weighted by Gasteiger charge is -2.05. The molecular formula is C7H11NO2. The zero-order valence-corrected chi connectivity index (χ0v) is 6.09. The van der Waals surface area contributed by atoms with Crippen LogP contribution in [0.1, 0.15) is 12.8 Å². The van der Waals surface area contributed by atoms with Crippen molar-refractivity contribution in [3.63, 3.8) is 0 Å². The maximum absolute atomic E-state index is 8.54. The molecule has 0 atom stereocenters. The van der Waals surface area contributed by atoms with Gasteiger partial charge in [-0.05, 0) is 12.8 Å². The second kappa shape index (κ2) is 3.00. The van der Waals surface area contributed by atoms with E-state index in [0.29, 0.717) is 13.2 Å². The Bertz CT molecular complexity index is 146. The Kier molecular flexibility index (Phi) is 2.25. The average Bonchev–Trinajstić information content (AvgIpc) is 2.70. The van der Waals surface area contributed by atoms with Gasteiger partial charge < -0.3 is 9.47 Å².